The van der Waals surface area contributed by atoms with Crippen molar-refractivity contribution < 1.29 is 19.1 Å². The molecule has 1 aromatic carbocycles. The molecule has 0 bridgehead atoms. The highest BCUT2D eigenvalue weighted by Gasteiger charge is 2.33. The highest BCUT2D eigenvalue weighted by Crippen LogP contribution is 2.33. The molecular weight excluding hydrogens is 438 g/mol. The third-order valence-corrected chi connectivity index (χ3v) is 5.76. The first-order chi connectivity index (χ1) is 16.5. The van der Waals surface area contributed by atoms with Gasteiger partial charge in [0.15, 0.2) is 5.82 Å². The molecule has 4 N–H and O–H groups in total. The zero-order valence-electron chi connectivity index (χ0n) is 19.5. The first-order valence-corrected chi connectivity index (χ1v) is 11.5. The van der Waals surface area contributed by atoms with Crippen LogP contribution in [-0.2, 0) is 22.6 Å². The minimum atomic E-state index is -0.355. The van der Waals surface area contributed by atoms with Crippen LogP contribution in [0.25, 0.3) is 11.4 Å². The molecule has 1 aromatic heterocycles. The summed E-state index contributed by atoms with van der Waals surface area (Å²) in [4.78, 5) is 37.9. The van der Waals surface area contributed by atoms with Gasteiger partial charge >= 0.3 is 12.1 Å². The highest BCUT2D eigenvalue weighted by atomic mass is 16.6. The van der Waals surface area contributed by atoms with E-state index in [4.69, 9.17) is 25.2 Å². The van der Waals surface area contributed by atoms with Crippen LogP contribution in [0.4, 0.5) is 21.1 Å². The maximum atomic E-state index is 12.4. The number of ether oxygens (including phenoxy) is 2. The summed E-state index contributed by atoms with van der Waals surface area (Å²) in [7, 11) is 0. The first-order valence-electron chi connectivity index (χ1n) is 11.5. The highest BCUT2D eigenvalue weighted by molar-refractivity contribution is 5.89. The molecule has 2 aliphatic heterocycles. The molecule has 0 unspecified atom stereocenters. The van der Waals surface area contributed by atoms with Crippen LogP contribution in [0.15, 0.2) is 24.3 Å². The van der Waals surface area contributed by atoms with Crippen molar-refractivity contribution in [3.8, 4) is 11.4 Å². The first kappa shape index (κ1) is 23.7. The quantitative estimate of drug-likeness (QED) is 0.584. The number of nitrogens with one attached hydrogen (secondary N) is 2. The molecule has 11 heteroatoms. The van der Waals surface area contributed by atoms with E-state index in [1.165, 1.54) is 0 Å². The minimum Gasteiger partial charge on any atom is -0.450 e. The van der Waals surface area contributed by atoms with Crippen molar-refractivity contribution in [3.63, 3.8) is 0 Å². The zero-order chi connectivity index (χ0) is 24.1. The van der Waals surface area contributed by atoms with Gasteiger partial charge in [-0.1, -0.05) is 0 Å². The molecule has 11 nitrogen and oxygen atoms in total. The number of carbonyl (C=O) groups excluding carboxylic acids is 2. The van der Waals surface area contributed by atoms with Crippen LogP contribution < -0.4 is 21.3 Å². The predicted octanol–water partition coefficient (Wildman–Crippen LogP) is 1.92. The number of fused-ring (bicyclic) bond motifs is 1. The largest absolute Gasteiger partial charge is 0.450 e. The topological polar surface area (TPSA) is 135 Å². The van der Waals surface area contributed by atoms with Gasteiger partial charge in [-0.2, -0.15) is 0 Å². The molecule has 1 fully saturated rings. The Morgan fingerprint density at radius 2 is 2.03 bits per heavy atom. The van der Waals surface area contributed by atoms with Crippen LogP contribution in [0.5, 0.6) is 0 Å². The zero-order valence-corrected chi connectivity index (χ0v) is 19.5. The van der Waals surface area contributed by atoms with Crippen molar-refractivity contribution in [3.05, 3.63) is 35.5 Å². The van der Waals surface area contributed by atoms with E-state index in [2.05, 4.69) is 22.5 Å². The normalized spacial score (nSPS) is 17.3. The summed E-state index contributed by atoms with van der Waals surface area (Å²) < 4.78 is 10.8. The Kier molecular flexibility index (Phi) is 7.43. The third-order valence-electron chi connectivity index (χ3n) is 5.76. The van der Waals surface area contributed by atoms with Gasteiger partial charge in [-0.15, -0.1) is 0 Å². The number of rotatable bonds is 6. The van der Waals surface area contributed by atoms with Gasteiger partial charge in [0.2, 0.25) is 0 Å². The van der Waals surface area contributed by atoms with Crippen LogP contribution in [0.3, 0.4) is 0 Å². The lowest BCUT2D eigenvalue weighted by Crippen LogP contribution is -2.44. The number of nitrogens with zero attached hydrogens (tertiary/aromatic N) is 4. The fraction of sp³-hybridized carbons (Fsp3) is 0.478. The lowest BCUT2D eigenvalue weighted by molar-refractivity contribution is 0.0980. The summed E-state index contributed by atoms with van der Waals surface area (Å²) in [5.74, 6) is 1.39. The number of amides is 3. The summed E-state index contributed by atoms with van der Waals surface area (Å²) in [6, 6.07) is 7.17. The summed E-state index contributed by atoms with van der Waals surface area (Å²) in [5.41, 5.74) is 8.63. The lowest BCUT2D eigenvalue weighted by Gasteiger charge is -2.35. The second-order valence-electron chi connectivity index (χ2n) is 8.22. The number of carbonyl (C=O) groups is 2. The number of nitrogens with two attached hydrogens (primary N) is 1. The third kappa shape index (κ3) is 5.20. The fourth-order valence-corrected chi connectivity index (χ4v) is 4.05. The van der Waals surface area contributed by atoms with Gasteiger partial charge in [-0.3, -0.25) is 4.90 Å². The summed E-state index contributed by atoms with van der Waals surface area (Å²) in [6.45, 7) is 7.71. The Labute approximate surface area is 198 Å². The molecule has 2 aliphatic rings. The molecule has 34 heavy (non-hydrogen) atoms. The van der Waals surface area contributed by atoms with E-state index in [0.717, 1.165) is 22.6 Å². The molecular formula is C23H31N7O4. The van der Waals surface area contributed by atoms with E-state index in [9.17, 15) is 9.59 Å². The van der Waals surface area contributed by atoms with E-state index in [1.54, 1.807) is 24.0 Å². The number of urea groups is 1. The number of anilines is 2. The number of hydrogen-bond donors (Lipinski definition) is 3. The molecule has 0 aliphatic carbocycles. The SMILES string of the molecule is CCOC(=O)N1Cc2nc(-c3ccc(NC(=O)NCCN)cc3)nc(N3CCOC[C@@H]3C)c2C1. The van der Waals surface area contributed by atoms with Gasteiger partial charge in [-0.05, 0) is 38.1 Å². The smallest absolute Gasteiger partial charge is 0.410 e. The summed E-state index contributed by atoms with van der Waals surface area (Å²) >= 11 is 0. The molecule has 0 radical (unpaired) electrons. The standard InChI is InChI=1S/C23H31N7O4/c1-3-34-23(32)29-12-18-19(13-29)27-20(28-21(18)30-10-11-33-14-15(30)2)16-4-6-17(7-5-16)26-22(31)25-9-8-24/h4-7,15H,3,8-14,24H2,1-2H3,(H2,25,26,31)/t15-/m0/s1. The Balaban J connectivity index is 1.62. The van der Waals surface area contributed by atoms with Crippen LogP contribution in [-0.4, -0.2) is 72.5 Å². The number of benzene rings is 1. The molecule has 3 amide bonds. The molecule has 182 valence electrons. The number of hydrogen-bond acceptors (Lipinski definition) is 8. The van der Waals surface area contributed by atoms with Gasteiger partial charge in [-0.25, -0.2) is 19.6 Å². The van der Waals surface area contributed by atoms with E-state index >= 15 is 0 Å². The molecule has 0 spiro atoms. The van der Waals surface area contributed by atoms with Crippen molar-refractivity contribution in [2.45, 2.75) is 33.0 Å². The van der Waals surface area contributed by atoms with Crippen molar-refractivity contribution in [1.29, 1.82) is 0 Å². The van der Waals surface area contributed by atoms with Gasteiger partial charge < -0.3 is 30.7 Å². The average Bonchev–Trinajstić information content (AvgIpc) is 3.28. The Morgan fingerprint density at radius 3 is 2.74 bits per heavy atom. The maximum Gasteiger partial charge on any atom is 0.410 e. The molecule has 0 saturated carbocycles. The van der Waals surface area contributed by atoms with Crippen LogP contribution in [0.2, 0.25) is 0 Å². The van der Waals surface area contributed by atoms with Crippen molar-refractivity contribution in [2.24, 2.45) is 5.73 Å². The Bertz CT molecular complexity index is 1030. The lowest BCUT2D eigenvalue weighted by atomic mass is 10.1. The molecule has 3 heterocycles. The van der Waals surface area contributed by atoms with Crippen molar-refractivity contribution in [1.82, 2.24) is 20.2 Å². The molecule has 1 saturated heterocycles. The second-order valence-corrected chi connectivity index (χ2v) is 8.22. The van der Waals surface area contributed by atoms with E-state index in [1.807, 2.05) is 12.1 Å². The number of morpholine rings is 1. The Hall–Kier alpha value is -3.44. The molecule has 2 aromatic rings. The monoisotopic (exact) mass is 469 g/mol. The number of aromatic nitrogens is 2. The fourth-order valence-electron chi connectivity index (χ4n) is 4.05. The van der Waals surface area contributed by atoms with Gasteiger partial charge in [0, 0.05) is 36.4 Å². The van der Waals surface area contributed by atoms with E-state index in [0.29, 0.717) is 64.1 Å². The van der Waals surface area contributed by atoms with Crippen molar-refractivity contribution in [2.75, 3.05) is 49.7 Å². The van der Waals surface area contributed by atoms with E-state index < -0.39 is 0 Å². The summed E-state index contributed by atoms with van der Waals surface area (Å²) in [6.07, 6.45) is -0.355. The van der Waals surface area contributed by atoms with E-state index in [-0.39, 0.29) is 18.2 Å². The van der Waals surface area contributed by atoms with Gasteiger partial charge in [0.1, 0.15) is 5.82 Å². The Morgan fingerprint density at radius 1 is 1.24 bits per heavy atom. The van der Waals surface area contributed by atoms with Crippen LogP contribution in [0.1, 0.15) is 25.1 Å². The predicted molar refractivity (Wildman–Crippen MR) is 127 cm³/mol. The summed E-state index contributed by atoms with van der Waals surface area (Å²) in [5, 5.41) is 5.44. The van der Waals surface area contributed by atoms with Crippen LogP contribution in [0, 0.1) is 0 Å². The molecule has 4 rings (SSSR count). The molecule has 1 atom stereocenters. The van der Waals surface area contributed by atoms with Gasteiger partial charge in [0.05, 0.1) is 44.6 Å². The van der Waals surface area contributed by atoms with Crippen molar-refractivity contribution >= 4 is 23.6 Å². The van der Waals surface area contributed by atoms with Gasteiger partial charge in [0.25, 0.3) is 0 Å². The average molecular weight is 470 g/mol. The van der Waals surface area contributed by atoms with Crippen LogP contribution >= 0.6 is 0 Å². The minimum absolute atomic E-state index is 0.149. The second kappa shape index (κ2) is 10.7. The maximum absolute atomic E-state index is 12.4.